The van der Waals surface area contributed by atoms with Gasteiger partial charge in [0.25, 0.3) is 0 Å². The fourth-order valence-corrected chi connectivity index (χ4v) is 2.31. The number of hydrogen-bond acceptors (Lipinski definition) is 1. The number of halogens is 1. The molecule has 0 heterocycles. The molecule has 0 radical (unpaired) electrons. The highest BCUT2D eigenvalue weighted by atomic mass is 19.1. The molecule has 0 aromatic heterocycles. The van der Waals surface area contributed by atoms with Crippen LogP contribution in [0, 0.1) is 5.82 Å². The Bertz CT molecular complexity index is 311. The van der Waals surface area contributed by atoms with Crippen molar-refractivity contribution in [2.75, 3.05) is 0 Å². The summed E-state index contributed by atoms with van der Waals surface area (Å²) in [7, 11) is 0. The van der Waals surface area contributed by atoms with Gasteiger partial charge in [0.1, 0.15) is 5.82 Å². The van der Waals surface area contributed by atoms with E-state index in [0.717, 1.165) is 18.4 Å². The van der Waals surface area contributed by atoms with Crippen LogP contribution in [0.4, 0.5) is 4.39 Å². The number of hydrogen-bond donors (Lipinski definition) is 1. The van der Waals surface area contributed by atoms with Gasteiger partial charge in [-0.25, -0.2) is 4.39 Å². The molecular formula is C12H16FN. The highest BCUT2D eigenvalue weighted by Gasteiger charge is 2.23. The lowest BCUT2D eigenvalue weighted by atomic mass is 9.80. The largest absolute Gasteiger partial charge is 0.327 e. The van der Waals surface area contributed by atoms with Crippen LogP contribution >= 0.6 is 0 Å². The van der Waals surface area contributed by atoms with Crippen molar-refractivity contribution in [2.24, 2.45) is 5.73 Å². The Morgan fingerprint density at radius 1 is 1.21 bits per heavy atom. The monoisotopic (exact) mass is 193 g/mol. The second kappa shape index (κ2) is 4.09. The van der Waals surface area contributed by atoms with E-state index in [1.165, 1.54) is 18.9 Å². The van der Waals surface area contributed by atoms with Crippen molar-refractivity contribution < 1.29 is 4.39 Å². The Hall–Kier alpha value is -0.890. The summed E-state index contributed by atoms with van der Waals surface area (Å²) in [5.74, 6) is 0.208. The lowest BCUT2D eigenvalue weighted by Crippen LogP contribution is -2.31. The Balaban J connectivity index is 2.20. The smallest absolute Gasteiger partial charge is 0.123 e. The first kappa shape index (κ1) is 9.66. The zero-order valence-corrected chi connectivity index (χ0v) is 8.25. The average Bonchev–Trinajstić information content (AvgIpc) is 2.18. The normalized spacial score (nSPS) is 27.6. The molecular weight excluding hydrogens is 177 g/mol. The lowest BCUT2D eigenvalue weighted by Gasteiger charge is -2.28. The van der Waals surface area contributed by atoms with E-state index >= 15 is 0 Å². The van der Waals surface area contributed by atoms with Crippen LogP contribution in [0.5, 0.6) is 0 Å². The second-order valence-electron chi connectivity index (χ2n) is 4.11. The van der Waals surface area contributed by atoms with Crippen molar-refractivity contribution in [3.8, 4) is 0 Å². The van der Waals surface area contributed by atoms with Crippen LogP contribution in [0.1, 0.15) is 37.2 Å². The molecule has 0 bridgehead atoms. The highest BCUT2D eigenvalue weighted by Crippen LogP contribution is 2.31. The Labute approximate surface area is 84.1 Å². The van der Waals surface area contributed by atoms with Gasteiger partial charge in [-0.15, -0.1) is 0 Å². The SMILES string of the molecule is NC1CCCCC1c1cccc(F)c1. The van der Waals surface area contributed by atoms with E-state index in [1.807, 2.05) is 6.07 Å². The molecule has 76 valence electrons. The third kappa shape index (κ3) is 1.95. The van der Waals surface area contributed by atoms with Gasteiger partial charge in [-0.1, -0.05) is 25.0 Å². The molecule has 2 N–H and O–H groups in total. The molecule has 1 aromatic carbocycles. The van der Waals surface area contributed by atoms with Gasteiger partial charge in [-0.3, -0.25) is 0 Å². The van der Waals surface area contributed by atoms with Crippen LogP contribution in [0.2, 0.25) is 0 Å². The molecule has 1 saturated carbocycles. The molecule has 2 rings (SSSR count). The van der Waals surface area contributed by atoms with Crippen molar-refractivity contribution in [2.45, 2.75) is 37.6 Å². The van der Waals surface area contributed by atoms with E-state index in [0.29, 0.717) is 5.92 Å². The first-order valence-corrected chi connectivity index (χ1v) is 5.28. The fraction of sp³-hybridized carbons (Fsp3) is 0.500. The summed E-state index contributed by atoms with van der Waals surface area (Å²) in [5.41, 5.74) is 7.11. The molecule has 1 nitrogen and oxygen atoms in total. The van der Waals surface area contributed by atoms with Gasteiger partial charge >= 0.3 is 0 Å². The van der Waals surface area contributed by atoms with E-state index in [1.54, 1.807) is 12.1 Å². The maximum atomic E-state index is 13.0. The third-order valence-electron chi connectivity index (χ3n) is 3.10. The molecule has 1 aliphatic carbocycles. The number of nitrogens with two attached hydrogens (primary N) is 1. The van der Waals surface area contributed by atoms with Crippen LogP contribution in [0.25, 0.3) is 0 Å². The Kier molecular flexibility index (Phi) is 2.82. The van der Waals surface area contributed by atoms with Gasteiger partial charge in [-0.05, 0) is 36.5 Å². The minimum atomic E-state index is -0.153. The minimum Gasteiger partial charge on any atom is -0.327 e. The highest BCUT2D eigenvalue weighted by molar-refractivity contribution is 5.22. The van der Waals surface area contributed by atoms with Crippen LogP contribution in [0.3, 0.4) is 0 Å². The van der Waals surface area contributed by atoms with Crippen LogP contribution < -0.4 is 5.73 Å². The van der Waals surface area contributed by atoms with Crippen LogP contribution in [0.15, 0.2) is 24.3 Å². The molecule has 0 saturated heterocycles. The third-order valence-corrected chi connectivity index (χ3v) is 3.10. The van der Waals surface area contributed by atoms with Gasteiger partial charge in [0, 0.05) is 6.04 Å². The van der Waals surface area contributed by atoms with Gasteiger partial charge < -0.3 is 5.73 Å². The predicted octanol–water partition coefficient (Wildman–Crippen LogP) is 2.81. The zero-order valence-electron chi connectivity index (χ0n) is 8.25. The Morgan fingerprint density at radius 2 is 2.00 bits per heavy atom. The van der Waals surface area contributed by atoms with Gasteiger partial charge in [0.15, 0.2) is 0 Å². The maximum absolute atomic E-state index is 13.0. The summed E-state index contributed by atoms with van der Waals surface area (Å²) in [6.07, 6.45) is 4.60. The summed E-state index contributed by atoms with van der Waals surface area (Å²) in [6, 6.07) is 7.07. The molecule has 0 amide bonds. The summed E-state index contributed by atoms with van der Waals surface area (Å²) in [4.78, 5) is 0. The molecule has 14 heavy (non-hydrogen) atoms. The molecule has 1 aliphatic rings. The van der Waals surface area contributed by atoms with Crippen LogP contribution in [-0.4, -0.2) is 6.04 Å². The minimum absolute atomic E-state index is 0.153. The average molecular weight is 193 g/mol. The molecule has 0 spiro atoms. The second-order valence-corrected chi connectivity index (χ2v) is 4.11. The summed E-state index contributed by atoms with van der Waals surface area (Å²) >= 11 is 0. The molecule has 0 aliphatic heterocycles. The predicted molar refractivity (Wildman–Crippen MR) is 55.6 cm³/mol. The van der Waals surface area contributed by atoms with E-state index in [9.17, 15) is 4.39 Å². The summed E-state index contributed by atoms with van der Waals surface area (Å²) < 4.78 is 13.0. The van der Waals surface area contributed by atoms with E-state index in [4.69, 9.17) is 5.73 Å². The van der Waals surface area contributed by atoms with Crippen molar-refractivity contribution >= 4 is 0 Å². The van der Waals surface area contributed by atoms with E-state index in [-0.39, 0.29) is 11.9 Å². The fourth-order valence-electron chi connectivity index (χ4n) is 2.31. The van der Waals surface area contributed by atoms with E-state index < -0.39 is 0 Å². The molecule has 1 aromatic rings. The lowest BCUT2D eigenvalue weighted by molar-refractivity contribution is 0.384. The maximum Gasteiger partial charge on any atom is 0.123 e. The van der Waals surface area contributed by atoms with E-state index in [2.05, 4.69) is 0 Å². The Morgan fingerprint density at radius 3 is 2.71 bits per heavy atom. The first-order valence-electron chi connectivity index (χ1n) is 5.28. The van der Waals surface area contributed by atoms with Crippen molar-refractivity contribution in [3.63, 3.8) is 0 Å². The molecule has 2 atom stereocenters. The molecule has 2 unspecified atom stereocenters. The van der Waals surface area contributed by atoms with Crippen molar-refractivity contribution in [1.29, 1.82) is 0 Å². The first-order chi connectivity index (χ1) is 6.77. The van der Waals surface area contributed by atoms with Gasteiger partial charge in [-0.2, -0.15) is 0 Å². The van der Waals surface area contributed by atoms with Gasteiger partial charge in [0.2, 0.25) is 0 Å². The number of rotatable bonds is 1. The van der Waals surface area contributed by atoms with Crippen LogP contribution in [-0.2, 0) is 0 Å². The quantitative estimate of drug-likeness (QED) is 0.729. The standard InChI is InChI=1S/C12H16FN/c13-10-5-3-4-9(8-10)11-6-1-2-7-12(11)14/h3-5,8,11-12H,1-2,6-7,14H2. The molecule has 1 fully saturated rings. The summed E-state index contributed by atoms with van der Waals surface area (Å²) in [5, 5.41) is 0. The van der Waals surface area contributed by atoms with Gasteiger partial charge in [0.05, 0.1) is 0 Å². The topological polar surface area (TPSA) is 26.0 Å². The van der Waals surface area contributed by atoms with Crippen molar-refractivity contribution in [1.82, 2.24) is 0 Å². The number of benzene rings is 1. The zero-order chi connectivity index (χ0) is 9.97. The summed E-state index contributed by atoms with van der Waals surface area (Å²) in [6.45, 7) is 0. The van der Waals surface area contributed by atoms with Crippen molar-refractivity contribution in [3.05, 3.63) is 35.6 Å². The molecule has 2 heteroatoms.